The molecule has 6 heteroatoms. The van der Waals surface area contributed by atoms with Crippen LogP contribution in [-0.2, 0) is 0 Å². The van der Waals surface area contributed by atoms with Gasteiger partial charge >= 0.3 is 29.6 Å². The number of carboxylic acids is 1. The predicted molar refractivity (Wildman–Crippen MR) is 29.2 cm³/mol. The molecule has 1 heterocycles. The molecule has 0 aliphatic carbocycles. The normalized spacial score (nSPS) is 8.36. The van der Waals surface area contributed by atoms with E-state index in [9.17, 15) is 14.7 Å². The topological polar surface area (TPSA) is 85.9 Å². The van der Waals surface area contributed by atoms with Gasteiger partial charge in [0.2, 0.25) is 0 Å². The second-order valence-electron chi connectivity index (χ2n) is 1.59. The zero-order chi connectivity index (χ0) is 7.56. The molecule has 0 bridgehead atoms. The van der Waals surface area contributed by atoms with Crippen LogP contribution in [0.3, 0.4) is 0 Å². The number of carbonyl (C=O) groups is 1. The van der Waals surface area contributed by atoms with Gasteiger partial charge < -0.3 is 9.90 Å². The van der Waals surface area contributed by atoms with Crippen LogP contribution in [-0.4, -0.2) is 16.2 Å². The molecular weight excluding hydrogens is 159 g/mol. The van der Waals surface area contributed by atoms with E-state index in [-0.39, 0.29) is 29.6 Å². The van der Waals surface area contributed by atoms with Crippen LogP contribution in [0.15, 0.2) is 17.1 Å². The first kappa shape index (κ1) is 10.3. The van der Waals surface area contributed by atoms with Gasteiger partial charge in [0.1, 0.15) is 0 Å². The van der Waals surface area contributed by atoms with Crippen LogP contribution in [0.25, 0.3) is 0 Å². The Hall–Kier alpha value is -0.650. The third kappa shape index (κ3) is 2.45. The molecule has 0 aromatic carbocycles. The number of hydrogen-bond donors (Lipinski definition) is 1. The molecule has 0 unspecified atom stereocenters. The summed E-state index contributed by atoms with van der Waals surface area (Å²) in [6, 6.07) is 1.08. The summed E-state index contributed by atoms with van der Waals surface area (Å²) in [7, 11) is 0. The van der Waals surface area contributed by atoms with Crippen LogP contribution < -0.4 is 40.2 Å². The van der Waals surface area contributed by atoms with Crippen molar-refractivity contribution in [3.05, 3.63) is 28.2 Å². The molecule has 0 fully saturated rings. The van der Waals surface area contributed by atoms with Crippen LogP contribution in [0.4, 0.5) is 0 Å². The number of aromatic amines is 1. The second kappa shape index (κ2) is 4.27. The van der Waals surface area contributed by atoms with E-state index in [1.807, 2.05) is 5.10 Å². The van der Waals surface area contributed by atoms with Crippen molar-refractivity contribution in [2.75, 3.05) is 0 Å². The zero-order valence-corrected chi connectivity index (χ0v) is 7.83. The van der Waals surface area contributed by atoms with Crippen molar-refractivity contribution in [3.63, 3.8) is 0 Å². The minimum Gasteiger partial charge on any atom is -0.545 e. The Balaban J connectivity index is 0.000001000. The van der Waals surface area contributed by atoms with Gasteiger partial charge in [0.05, 0.1) is 11.5 Å². The van der Waals surface area contributed by atoms with Crippen molar-refractivity contribution in [2.24, 2.45) is 0 Å². The number of aromatic carboxylic acids is 1. The average molecular weight is 162 g/mol. The van der Waals surface area contributed by atoms with Crippen molar-refractivity contribution in [2.45, 2.75) is 0 Å². The van der Waals surface area contributed by atoms with Crippen molar-refractivity contribution in [1.29, 1.82) is 0 Å². The molecule has 0 radical (unpaired) electrons. The van der Waals surface area contributed by atoms with Gasteiger partial charge in [-0.05, 0) is 6.07 Å². The van der Waals surface area contributed by atoms with Gasteiger partial charge in [-0.1, -0.05) is 0 Å². The van der Waals surface area contributed by atoms with E-state index in [0.29, 0.717) is 0 Å². The molecule has 1 aromatic rings. The summed E-state index contributed by atoms with van der Waals surface area (Å²) in [6.07, 6.45) is 1.17. The number of carbonyl (C=O) groups excluding carboxylic acids is 1. The van der Waals surface area contributed by atoms with E-state index >= 15 is 0 Å². The van der Waals surface area contributed by atoms with Gasteiger partial charge in [0, 0.05) is 6.20 Å². The molecule has 0 saturated heterocycles. The molecule has 0 saturated carbocycles. The van der Waals surface area contributed by atoms with Crippen LogP contribution in [0.2, 0.25) is 0 Å². The van der Waals surface area contributed by atoms with E-state index in [1.54, 1.807) is 0 Å². The Morgan fingerprint density at radius 1 is 1.64 bits per heavy atom. The fraction of sp³-hybridized carbons (Fsp3) is 0. The maximum atomic E-state index is 10.5. The molecule has 1 rings (SSSR count). The van der Waals surface area contributed by atoms with Gasteiger partial charge in [-0.2, -0.15) is 5.10 Å². The number of rotatable bonds is 1. The molecule has 0 aliphatic rings. The molecule has 0 spiro atoms. The molecule has 52 valence electrons. The summed E-state index contributed by atoms with van der Waals surface area (Å²) in [5, 5.41) is 15.3. The third-order valence-electron chi connectivity index (χ3n) is 0.946. The number of aromatic nitrogens is 2. The second-order valence-corrected chi connectivity index (χ2v) is 1.59. The quantitative estimate of drug-likeness (QED) is 0.419. The Morgan fingerprint density at radius 3 is 2.64 bits per heavy atom. The maximum absolute atomic E-state index is 10.5. The van der Waals surface area contributed by atoms with E-state index in [2.05, 4.69) is 5.10 Å². The largest absolute Gasteiger partial charge is 1.00 e. The predicted octanol–water partition coefficient (Wildman–Crippen LogP) is -4.86. The fourth-order valence-electron chi connectivity index (χ4n) is 0.504. The Bertz CT molecular complexity index is 309. The summed E-state index contributed by atoms with van der Waals surface area (Å²) < 4.78 is 0. The first-order valence-corrected chi connectivity index (χ1v) is 2.47. The van der Waals surface area contributed by atoms with Gasteiger partial charge in [-0.3, -0.25) is 4.79 Å². The van der Waals surface area contributed by atoms with Crippen molar-refractivity contribution < 1.29 is 39.5 Å². The summed E-state index contributed by atoms with van der Waals surface area (Å²) >= 11 is 0. The molecule has 0 amide bonds. The molecule has 0 aliphatic heterocycles. The van der Waals surface area contributed by atoms with Gasteiger partial charge in [-0.25, -0.2) is 5.10 Å². The SMILES string of the molecule is O=C([O-])c1ccn[nH]c1=O.[Na+]. The number of hydrogen-bond acceptors (Lipinski definition) is 4. The van der Waals surface area contributed by atoms with Crippen LogP contribution in [0.5, 0.6) is 0 Å². The van der Waals surface area contributed by atoms with Crippen molar-refractivity contribution in [3.8, 4) is 0 Å². The van der Waals surface area contributed by atoms with Crippen molar-refractivity contribution >= 4 is 5.97 Å². The summed E-state index contributed by atoms with van der Waals surface area (Å²) in [4.78, 5) is 20.6. The molecule has 1 N–H and O–H groups in total. The monoisotopic (exact) mass is 162 g/mol. The van der Waals surface area contributed by atoms with Gasteiger partial charge in [-0.15, -0.1) is 0 Å². The fourth-order valence-corrected chi connectivity index (χ4v) is 0.504. The maximum Gasteiger partial charge on any atom is 1.00 e. The Labute approximate surface area is 83.7 Å². The standard InChI is InChI=1S/C5H4N2O3.Na/c8-4-3(5(9)10)1-2-6-7-4;/h1-2H,(H,7,8)(H,9,10);/q;+1/p-1. The number of nitrogens with one attached hydrogen (secondary N) is 1. The minimum absolute atomic E-state index is 0. The average Bonchev–Trinajstić information content (AvgIpc) is 1.88. The van der Waals surface area contributed by atoms with Crippen LogP contribution >= 0.6 is 0 Å². The number of nitrogens with zero attached hydrogens (tertiary/aromatic N) is 1. The Kier molecular flexibility index (Phi) is 4.02. The van der Waals surface area contributed by atoms with E-state index in [1.165, 1.54) is 6.20 Å². The molecule has 0 atom stereocenters. The minimum atomic E-state index is -1.50. The van der Waals surface area contributed by atoms with Gasteiger partial charge in [0.15, 0.2) is 0 Å². The van der Waals surface area contributed by atoms with Crippen LogP contribution in [0.1, 0.15) is 10.4 Å². The van der Waals surface area contributed by atoms with Crippen molar-refractivity contribution in [1.82, 2.24) is 10.2 Å². The number of H-pyrrole nitrogens is 1. The van der Waals surface area contributed by atoms with E-state index in [0.717, 1.165) is 6.07 Å². The molecular formula is C5H3N2NaO3. The number of carboxylic acid groups (broad SMARTS) is 1. The van der Waals surface area contributed by atoms with E-state index < -0.39 is 17.1 Å². The van der Waals surface area contributed by atoms with E-state index in [4.69, 9.17) is 0 Å². The Morgan fingerprint density at radius 2 is 2.27 bits per heavy atom. The van der Waals surface area contributed by atoms with Gasteiger partial charge in [0.25, 0.3) is 5.56 Å². The third-order valence-corrected chi connectivity index (χ3v) is 0.946. The molecule has 11 heavy (non-hydrogen) atoms. The first-order valence-electron chi connectivity index (χ1n) is 2.47. The zero-order valence-electron chi connectivity index (χ0n) is 5.83. The first-order chi connectivity index (χ1) is 4.72. The van der Waals surface area contributed by atoms with Crippen LogP contribution in [0, 0.1) is 0 Å². The smallest absolute Gasteiger partial charge is 0.545 e. The summed E-state index contributed by atoms with van der Waals surface area (Å²) in [5.41, 5.74) is -1.16. The summed E-state index contributed by atoms with van der Waals surface area (Å²) in [6.45, 7) is 0. The summed E-state index contributed by atoms with van der Waals surface area (Å²) in [5.74, 6) is -1.50. The molecule has 5 nitrogen and oxygen atoms in total. The molecule has 1 aromatic heterocycles.